The van der Waals surface area contributed by atoms with E-state index in [1.165, 1.54) is 0 Å². The molecule has 2 aromatic rings. The molecule has 0 fully saturated rings. The van der Waals surface area contributed by atoms with Gasteiger partial charge in [-0.25, -0.2) is 0 Å². The van der Waals surface area contributed by atoms with Crippen molar-refractivity contribution in [2.75, 3.05) is 6.61 Å². The van der Waals surface area contributed by atoms with Crippen LogP contribution in [0, 0.1) is 0 Å². The summed E-state index contributed by atoms with van der Waals surface area (Å²) in [6.07, 6.45) is 0.471. The predicted molar refractivity (Wildman–Crippen MR) is 82.1 cm³/mol. The Labute approximate surface area is 131 Å². The van der Waals surface area contributed by atoms with Crippen molar-refractivity contribution < 1.29 is 9.84 Å². The van der Waals surface area contributed by atoms with E-state index in [2.05, 4.69) is 0 Å². The maximum absolute atomic E-state index is 9.25. The maximum atomic E-state index is 9.25. The summed E-state index contributed by atoms with van der Waals surface area (Å²) in [4.78, 5) is 0. The third-order valence-corrected chi connectivity index (χ3v) is 4.12. The van der Waals surface area contributed by atoms with Gasteiger partial charge in [0.25, 0.3) is 0 Å². The van der Waals surface area contributed by atoms with Crippen LogP contribution >= 0.6 is 34.8 Å². The van der Waals surface area contributed by atoms with Crippen LogP contribution < -0.4 is 4.74 Å². The van der Waals surface area contributed by atoms with Crippen LogP contribution in [0.5, 0.6) is 5.75 Å². The average molecular weight is 330 g/mol. The molecule has 2 nitrogen and oxygen atoms in total. The molecule has 1 aliphatic rings. The number of aliphatic hydroxyl groups excluding tert-OH is 1. The molecule has 3 rings (SSSR count). The molecule has 0 bridgehead atoms. The predicted octanol–water partition coefficient (Wildman–Crippen LogP) is 4.61. The highest BCUT2D eigenvalue weighted by atomic mass is 35.5. The molecule has 1 heterocycles. The lowest BCUT2D eigenvalue weighted by Crippen LogP contribution is -2.17. The van der Waals surface area contributed by atoms with E-state index in [0.717, 1.165) is 16.9 Å². The molecular formula is C15H11Cl3O2. The highest BCUT2D eigenvalue weighted by Gasteiger charge is 2.26. The third kappa shape index (κ3) is 2.38. The second-order valence-corrected chi connectivity index (χ2v) is 5.92. The second-order valence-electron chi connectivity index (χ2n) is 4.66. The van der Waals surface area contributed by atoms with Gasteiger partial charge in [-0.05, 0) is 17.7 Å². The minimum absolute atomic E-state index is 0.0177. The summed E-state index contributed by atoms with van der Waals surface area (Å²) in [7, 11) is 0. The lowest BCUT2D eigenvalue weighted by Gasteiger charge is -2.13. The van der Waals surface area contributed by atoms with Crippen molar-refractivity contribution in [1.82, 2.24) is 0 Å². The number of ether oxygens (including phenoxy) is 1. The Balaban J connectivity index is 2.16. The molecule has 0 amide bonds. The average Bonchev–Trinajstić information content (AvgIpc) is 2.81. The molecule has 0 saturated carbocycles. The lowest BCUT2D eigenvalue weighted by molar-refractivity contribution is 0.135. The Morgan fingerprint density at radius 3 is 2.50 bits per heavy atom. The summed E-state index contributed by atoms with van der Waals surface area (Å²) in [5.41, 5.74) is 2.57. The molecule has 0 unspecified atom stereocenters. The van der Waals surface area contributed by atoms with Gasteiger partial charge in [0.05, 0.1) is 16.7 Å². The molecular weight excluding hydrogens is 319 g/mol. The Hall–Kier alpha value is -0.930. The highest BCUT2D eigenvalue weighted by Crippen LogP contribution is 2.45. The number of benzene rings is 2. The molecule has 1 atom stereocenters. The largest absolute Gasteiger partial charge is 0.487 e. The van der Waals surface area contributed by atoms with E-state index in [4.69, 9.17) is 39.5 Å². The standard InChI is InChI=1S/C15H11Cl3O2/c16-9-5-12(17)14(13(18)6-9)11-3-1-2-8-4-10(7-19)20-15(8)11/h1-3,5-6,10,19H,4,7H2/t10-/m1/s1. The number of aliphatic hydroxyl groups is 1. The Morgan fingerprint density at radius 2 is 1.85 bits per heavy atom. The van der Waals surface area contributed by atoms with Crippen LogP contribution in [0.25, 0.3) is 11.1 Å². The summed E-state index contributed by atoms with van der Waals surface area (Å²) >= 11 is 18.5. The van der Waals surface area contributed by atoms with Gasteiger partial charge in [-0.2, -0.15) is 0 Å². The lowest BCUT2D eigenvalue weighted by atomic mass is 10.0. The molecule has 0 saturated heterocycles. The van der Waals surface area contributed by atoms with E-state index >= 15 is 0 Å². The van der Waals surface area contributed by atoms with Gasteiger partial charge in [0.1, 0.15) is 11.9 Å². The van der Waals surface area contributed by atoms with Crippen LogP contribution in [0.3, 0.4) is 0 Å². The zero-order chi connectivity index (χ0) is 14.3. The van der Waals surface area contributed by atoms with Crippen LogP contribution in [0.2, 0.25) is 15.1 Å². The van der Waals surface area contributed by atoms with Gasteiger partial charge < -0.3 is 9.84 Å². The summed E-state index contributed by atoms with van der Waals surface area (Å²) in [6, 6.07) is 9.12. The fraction of sp³-hybridized carbons (Fsp3) is 0.200. The van der Waals surface area contributed by atoms with Crippen molar-refractivity contribution in [3.05, 3.63) is 51.0 Å². The van der Waals surface area contributed by atoms with Gasteiger partial charge in [-0.3, -0.25) is 0 Å². The zero-order valence-corrected chi connectivity index (χ0v) is 12.6. The van der Waals surface area contributed by atoms with Crippen LogP contribution in [-0.2, 0) is 6.42 Å². The number of fused-ring (bicyclic) bond motifs is 1. The smallest absolute Gasteiger partial charge is 0.131 e. The fourth-order valence-corrected chi connectivity index (χ4v) is 3.46. The third-order valence-electron chi connectivity index (χ3n) is 3.31. The molecule has 0 aromatic heterocycles. The van der Waals surface area contributed by atoms with E-state index in [9.17, 15) is 5.11 Å². The molecule has 1 aliphatic heterocycles. The molecule has 20 heavy (non-hydrogen) atoms. The molecule has 104 valence electrons. The minimum Gasteiger partial charge on any atom is -0.487 e. The van der Waals surface area contributed by atoms with Crippen molar-refractivity contribution in [1.29, 1.82) is 0 Å². The van der Waals surface area contributed by atoms with Crippen LogP contribution in [-0.4, -0.2) is 17.8 Å². The van der Waals surface area contributed by atoms with E-state index in [1.54, 1.807) is 12.1 Å². The van der Waals surface area contributed by atoms with Crippen LogP contribution in [0.4, 0.5) is 0 Å². The Bertz CT molecular complexity index is 647. The number of halogens is 3. The van der Waals surface area contributed by atoms with Crippen molar-refractivity contribution in [2.24, 2.45) is 0 Å². The fourth-order valence-electron chi connectivity index (χ4n) is 2.44. The maximum Gasteiger partial charge on any atom is 0.131 e. The van der Waals surface area contributed by atoms with Gasteiger partial charge in [-0.15, -0.1) is 0 Å². The first-order chi connectivity index (χ1) is 9.60. The van der Waals surface area contributed by atoms with E-state index < -0.39 is 0 Å². The van der Waals surface area contributed by atoms with E-state index in [-0.39, 0.29) is 12.7 Å². The summed E-state index contributed by atoms with van der Waals surface area (Å²) in [6.45, 7) is -0.0177. The van der Waals surface area contributed by atoms with Crippen molar-refractivity contribution >= 4 is 34.8 Å². The molecule has 0 spiro atoms. The summed E-state index contributed by atoms with van der Waals surface area (Å²) < 4.78 is 5.78. The number of hydrogen-bond donors (Lipinski definition) is 1. The number of para-hydroxylation sites is 1. The first kappa shape index (κ1) is 14.0. The van der Waals surface area contributed by atoms with Crippen LogP contribution in [0.15, 0.2) is 30.3 Å². The molecule has 1 N–H and O–H groups in total. The number of hydrogen-bond acceptors (Lipinski definition) is 2. The SMILES string of the molecule is OC[C@H]1Cc2cccc(-c3c(Cl)cc(Cl)cc3Cl)c2O1. The molecule has 0 radical (unpaired) electrons. The molecule has 5 heteroatoms. The normalized spacial score (nSPS) is 16.9. The summed E-state index contributed by atoms with van der Waals surface area (Å²) in [5.74, 6) is 0.734. The van der Waals surface area contributed by atoms with Crippen molar-refractivity contribution in [3.8, 4) is 16.9 Å². The molecule has 2 aromatic carbocycles. The number of rotatable bonds is 2. The molecule has 0 aliphatic carbocycles. The van der Waals surface area contributed by atoms with Crippen molar-refractivity contribution in [2.45, 2.75) is 12.5 Å². The minimum atomic E-state index is -0.212. The van der Waals surface area contributed by atoms with Gasteiger partial charge >= 0.3 is 0 Å². The van der Waals surface area contributed by atoms with Gasteiger partial charge in [-0.1, -0.05) is 53.0 Å². The monoisotopic (exact) mass is 328 g/mol. The first-order valence-electron chi connectivity index (χ1n) is 6.14. The van der Waals surface area contributed by atoms with E-state index in [1.807, 2.05) is 18.2 Å². The van der Waals surface area contributed by atoms with Crippen LogP contribution in [0.1, 0.15) is 5.56 Å². The van der Waals surface area contributed by atoms with Crippen molar-refractivity contribution in [3.63, 3.8) is 0 Å². The van der Waals surface area contributed by atoms with E-state index in [0.29, 0.717) is 27.1 Å². The quantitative estimate of drug-likeness (QED) is 0.872. The van der Waals surface area contributed by atoms with Gasteiger partial charge in [0, 0.05) is 22.6 Å². The Morgan fingerprint density at radius 1 is 1.15 bits per heavy atom. The summed E-state index contributed by atoms with van der Waals surface area (Å²) in [5, 5.41) is 10.7. The first-order valence-corrected chi connectivity index (χ1v) is 7.28. The highest BCUT2D eigenvalue weighted by molar-refractivity contribution is 6.42. The zero-order valence-electron chi connectivity index (χ0n) is 10.4. The van der Waals surface area contributed by atoms with Gasteiger partial charge in [0.2, 0.25) is 0 Å². The second kappa shape index (κ2) is 5.45. The Kier molecular flexibility index (Phi) is 3.83. The topological polar surface area (TPSA) is 29.5 Å². The van der Waals surface area contributed by atoms with Gasteiger partial charge in [0.15, 0.2) is 0 Å².